The van der Waals surface area contributed by atoms with Gasteiger partial charge in [0.2, 0.25) is 11.8 Å². The Bertz CT molecular complexity index is 994. The minimum Gasteiger partial charge on any atom is -0.383 e. The van der Waals surface area contributed by atoms with E-state index in [-0.39, 0.29) is 41.7 Å². The fraction of sp³-hybridized carbons (Fsp3) is 0.542. The summed E-state index contributed by atoms with van der Waals surface area (Å²) in [5, 5.41) is 3.20. The van der Waals surface area contributed by atoms with E-state index in [2.05, 4.69) is 29.1 Å². The Morgan fingerprint density at radius 1 is 1.34 bits per heavy atom. The van der Waals surface area contributed by atoms with Crippen molar-refractivity contribution in [1.29, 1.82) is 0 Å². The summed E-state index contributed by atoms with van der Waals surface area (Å²) in [6, 6.07) is 3.57. The van der Waals surface area contributed by atoms with E-state index in [1.54, 1.807) is 24.4 Å². The number of carbonyl (C=O) groups excluding carboxylic acids is 2. The Kier molecular flexibility index (Phi) is 6.24. The smallest absolute Gasteiger partial charge is 0.225 e. The van der Waals surface area contributed by atoms with Crippen LogP contribution in [0.25, 0.3) is 11.4 Å². The third kappa shape index (κ3) is 4.65. The Morgan fingerprint density at radius 2 is 2.09 bits per heavy atom. The van der Waals surface area contributed by atoms with E-state index < -0.39 is 0 Å². The zero-order valence-electron chi connectivity index (χ0n) is 19.2. The zero-order chi connectivity index (χ0) is 22.9. The van der Waals surface area contributed by atoms with Crippen molar-refractivity contribution in [3.8, 4) is 11.4 Å². The highest BCUT2D eigenvalue weighted by molar-refractivity contribution is 5.89. The minimum absolute atomic E-state index is 0.00407. The van der Waals surface area contributed by atoms with Crippen LogP contribution < -0.4 is 5.32 Å². The van der Waals surface area contributed by atoms with Gasteiger partial charge in [-0.25, -0.2) is 9.97 Å². The van der Waals surface area contributed by atoms with Crippen molar-refractivity contribution in [1.82, 2.24) is 25.2 Å². The van der Waals surface area contributed by atoms with Gasteiger partial charge in [-0.15, -0.1) is 0 Å². The molecule has 2 aromatic rings. The number of likely N-dealkylation sites (tertiary alicyclic amines) is 1. The molecule has 4 rings (SSSR count). The predicted octanol–water partition coefficient (Wildman–Crippen LogP) is 2.55. The summed E-state index contributed by atoms with van der Waals surface area (Å²) < 4.78 is 5.17. The lowest BCUT2D eigenvalue weighted by Crippen LogP contribution is -2.41. The van der Waals surface area contributed by atoms with Gasteiger partial charge in [-0.2, -0.15) is 0 Å². The van der Waals surface area contributed by atoms with Crippen molar-refractivity contribution in [2.75, 3.05) is 20.3 Å². The Labute approximate surface area is 188 Å². The van der Waals surface area contributed by atoms with E-state index in [1.165, 1.54) is 0 Å². The predicted molar refractivity (Wildman–Crippen MR) is 119 cm³/mol. The molecule has 0 bridgehead atoms. The van der Waals surface area contributed by atoms with Crippen LogP contribution in [-0.2, 0) is 20.7 Å². The van der Waals surface area contributed by atoms with Crippen LogP contribution in [0.4, 0.5) is 0 Å². The molecular weight excluding hydrogens is 406 g/mol. The van der Waals surface area contributed by atoms with Gasteiger partial charge in [-0.05, 0) is 37.3 Å². The first-order chi connectivity index (χ1) is 15.3. The molecule has 8 heteroatoms. The van der Waals surface area contributed by atoms with E-state index in [9.17, 15) is 9.59 Å². The van der Waals surface area contributed by atoms with Crippen LogP contribution in [0.2, 0.25) is 0 Å². The van der Waals surface area contributed by atoms with Crippen LogP contribution in [-0.4, -0.2) is 58.0 Å². The van der Waals surface area contributed by atoms with Gasteiger partial charge in [-0.1, -0.05) is 13.8 Å². The van der Waals surface area contributed by atoms with Crippen molar-refractivity contribution in [3.05, 3.63) is 42.0 Å². The SMILES string of the molecule is COC[C@H](C)N1C[C@@H](C(=O)N[C@H]2CC(C)(C)Cc3nc(-c4ccncc4)ncc32)CC1=O. The highest BCUT2D eigenvalue weighted by atomic mass is 16.5. The van der Waals surface area contributed by atoms with E-state index in [4.69, 9.17) is 9.72 Å². The number of amides is 2. The quantitative estimate of drug-likeness (QED) is 0.746. The molecule has 8 nitrogen and oxygen atoms in total. The van der Waals surface area contributed by atoms with E-state index in [1.807, 2.05) is 25.3 Å². The summed E-state index contributed by atoms with van der Waals surface area (Å²) in [6.45, 7) is 7.21. The van der Waals surface area contributed by atoms with Crippen LogP contribution in [0.15, 0.2) is 30.7 Å². The molecule has 0 aromatic carbocycles. The first-order valence-electron chi connectivity index (χ1n) is 11.1. The number of pyridine rings is 1. The van der Waals surface area contributed by atoms with E-state index >= 15 is 0 Å². The van der Waals surface area contributed by atoms with Gasteiger partial charge in [0.1, 0.15) is 0 Å². The molecular formula is C24H31N5O3. The monoisotopic (exact) mass is 437 g/mol. The number of ether oxygens (including phenoxy) is 1. The van der Waals surface area contributed by atoms with Gasteiger partial charge < -0.3 is 15.0 Å². The van der Waals surface area contributed by atoms with Crippen LogP contribution in [0.1, 0.15) is 50.9 Å². The lowest BCUT2D eigenvalue weighted by Gasteiger charge is -2.37. The summed E-state index contributed by atoms with van der Waals surface area (Å²) in [5.74, 6) is 0.229. The summed E-state index contributed by atoms with van der Waals surface area (Å²) in [6.07, 6.45) is 7.15. The standard InChI is InChI=1S/C24H31N5O3/c1-15(14-32-4)29-13-17(9-21(29)30)23(31)28-20-11-24(2,3)10-19-18(20)12-26-22(27-19)16-5-7-25-8-6-16/h5-8,12,15,17,20H,9-11,13-14H2,1-4H3,(H,28,31)/t15-,17-,20-/m0/s1. The fourth-order valence-electron chi connectivity index (χ4n) is 4.77. The summed E-state index contributed by atoms with van der Waals surface area (Å²) >= 11 is 0. The maximum Gasteiger partial charge on any atom is 0.225 e. The Hall–Kier alpha value is -2.87. The van der Waals surface area contributed by atoms with Crippen LogP contribution >= 0.6 is 0 Å². The summed E-state index contributed by atoms with van der Waals surface area (Å²) in [5.41, 5.74) is 2.83. The second kappa shape index (κ2) is 8.94. The third-order valence-corrected chi connectivity index (χ3v) is 6.40. The first kappa shape index (κ1) is 22.3. The average Bonchev–Trinajstić information content (AvgIpc) is 3.15. The van der Waals surface area contributed by atoms with Gasteiger partial charge >= 0.3 is 0 Å². The molecule has 0 unspecified atom stereocenters. The molecule has 3 heterocycles. The number of fused-ring (bicyclic) bond motifs is 1. The van der Waals surface area contributed by atoms with Gasteiger partial charge in [0.15, 0.2) is 5.82 Å². The maximum atomic E-state index is 13.1. The van der Waals surface area contributed by atoms with Gasteiger partial charge in [0, 0.05) is 49.8 Å². The van der Waals surface area contributed by atoms with Crippen molar-refractivity contribution >= 4 is 11.8 Å². The molecule has 1 aliphatic heterocycles. The number of hydrogen-bond acceptors (Lipinski definition) is 6. The third-order valence-electron chi connectivity index (χ3n) is 6.40. The molecule has 0 spiro atoms. The largest absolute Gasteiger partial charge is 0.383 e. The van der Waals surface area contributed by atoms with Crippen LogP contribution in [0.5, 0.6) is 0 Å². The number of aromatic nitrogens is 3. The second-order valence-electron chi connectivity index (χ2n) is 9.69. The topological polar surface area (TPSA) is 97.3 Å². The van der Waals surface area contributed by atoms with Crippen molar-refractivity contribution < 1.29 is 14.3 Å². The fourth-order valence-corrected chi connectivity index (χ4v) is 4.77. The molecule has 1 fully saturated rings. The number of carbonyl (C=O) groups is 2. The van der Waals surface area contributed by atoms with Crippen LogP contribution in [0.3, 0.4) is 0 Å². The van der Waals surface area contributed by atoms with E-state index in [0.29, 0.717) is 19.0 Å². The minimum atomic E-state index is -0.354. The highest BCUT2D eigenvalue weighted by Crippen LogP contribution is 2.40. The van der Waals surface area contributed by atoms with E-state index in [0.717, 1.165) is 29.7 Å². The molecule has 2 aliphatic rings. The van der Waals surface area contributed by atoms with Gasteiger partial charge in [0.05, 0.1) is 30.3 Å². The van der Waals surface area contributed by atoms with Crippen molar-refractivity contribution in [3.63, 3.8) is 0 Å². The number of nitrogens with one attached hydrogen (secondary N) is 1. The molecule has 32 heavy (non-hydrogen) atoms. The summed E-state index contributed by atoms with van der Waals surface area (Å²) in [7, 11) is 1.62. The van der Waals surface area contributed by atoms with Crippen LogP contribution in [0, 0.1) is 11.3 Å². The molecule has 1 N–H and O–H groups in total. The second-order valence-corrected chi connectivity index (χ2v) is 9.69. The van der Waals surface area contributed by atoms with Crippen molar-refractivity contribution in [2.45, 2.75) is 52.1 Å². The maximum absolute atomic E-state index is 13.1. The molecule has 2 aromatic heterocycles. The van der Waals surface area contributed by atoms with Crippen molar-refractivity contribution in [2.24, 2.45) is 11.3 Å². The normalized spacial score (nSPS) is 23.0. The molecule has 1 aliphatic carbocycles. The number of rotatable bonds is 6. The zero-order valence-corrected chi connectivity index (χ0v) is 19.2. The highest BCUT2D eigenvalue weighted by Gasteiger charge is 2.39. The van der Waals surface area contributed by atoms with Gasteiger partial charge in [0.25, 0.3) is 0 Å². The number of methoxy groups -OCH3 is 1. The van der Waals surface area contributed by atoms with Gasteiger partial charge in [-0.3, -0.25) is 14.6 Å². The first-order valence-corrected chi connectivity index (χ1v) is 11.1. The lowest BCUT2D eigenvalue weighted by molar-refractivity contribution is -0.131. The summed E-state index contributed by atoms with van der Waals surface area (Å²) in [4.78, 5) is 40.8. The number of hydrogen-bond donors (Lipinski definition) is 1. The molecule has 0 saturated carbocycles. The molecule has 2 amide bonds. The Morgan fingerprint density at radius 3 is 2.81 bits per heavy atom. The molecule has 0 radical (unpaired) electrons. The number of nitrogens with zero attached hydrogens (tertiary/aromatic N) is 4. The average molecular weight is 438 g/mol. The molecule has 170 valence electrons. The molecule has 1 saturated heterocycles. The lowest BCUT2D eigenvalue weighted by atomic mass is 9.74. The Balaban J connectivity index is 1.52. The molecule has 3 atom stereocenters.